The Balaban J connectivity index is 1.66. The van der Waals surface area contributed by atoms with Crippen LogP contribution in [0.1, 0.15) is 44.9 Å². The summed E-state index contributed by atoms with van der Waals surface area (Å²) in [6, 6.07) is 6.31. The molecule has 0 bridgehead atoms. The van der Waals surface area contributed by atoms with Gasteiger partial charge in [-0.05, 0) is 51.0 Å². The number of nitrogens with zero attached hydrogens (tertiary/aromatic N) is 1. The Labute approximate surface area is 168 Å². The Morgan fingerprint density at radius 1 is 1.22 bits per heavy atom. The van der Waals surface area contributed by atoms with E-state index in [1.54, 1.807) is 6.07 Å². The molecule has 0 radical (unpaired) electrons. The minimum absolute atomic E-state index is 0.178. The number of benzene rings is 1. The maximum absolute atomic E-state index is 12.6. The largest absolute Gasteiger partial charge is 0.454 e. The summed E-state index contributed by atoms with van der Waals surface area (Å²) in [6.45, 7) is 5.03. The number of hydrogen-bond acceptors (Lipinski definition) is 4. The summed E-state index contributed by atoms with van der Waals surface area (Å²) in [4.78, 5) is 24.7. The zero-order valence-electron chi connectivity index (χ0n) is 15.3. The number of carbonyl (C=O) groups excluding carboxylic acids is 2. The highest BCUT2D eigenvalue weighted by Gasteiger charge is 2.22. The van der Waals surface area contributed by atoms with E-state index in [9.17, 15) is 9.59 Å². The van der Waals surface area contributed by atoms with Gasteiger partial charge in [0.2, 0.25) is 5.78 Å². The maximum Gasteiger partial charge on any atom is 0.340 e. The van der Waals surface area contributed by atoms with Crippen LogP contribution in [0.4, 0.5) is 0 Å². The van der Waals surface area contributed by atoms with Crippen molar-refractivity contribution < 1.29 is 19.1 Å². The van der Waals surface area contributed by atoms with Crippen molar-refractivity contribution in [3.8, 4) is 0 Å². The highest BCUT2D eigenvalue weighted by atomic mass is 35.5. The smallest absolute Gasteiger partial charge is 0.340 e. The van der Waals surface area contributed by atoms with Gasteiger partial charge in [-0.3, -0.25) is 4.79 Å². The molecule has 2 heterocycles. The second kappa shape index (κ2) is 8.46. The quantitative estimate of drug-likeness (QED) is 0.515. The number of Topliss-reactive ketones (excluding diaryl/α,β-unsaturated/α-hetero) is 1. The Morgan fingerprint density at radius 2 is 2.00 bits per heavy atom. The number of carbonyl (C=O) groups is 2. The molecule has 144 valence electrons. The van der Waals surface area contributed by atoms with Crippen molar-refractivity contribution in [2.24, 2.45) is 0 Å². The van der Waals surface area contributed by atoms with Gasteiger partial charge in [0, 0.05) is 35.1 Å². The average Bonchev–Trinajstić information content (AvgIpc) is 3.23. The molecule has 3 rings (SSSR count). The maximum atomic E-state index is 12.6. The second-order valence-corrected chi connectivity index (χ2v) is 7.50. The zero-order valence-corrected chi connectivity index (χ0v) is 16.8. The van der Waals surface area contributed by atoms with Crippen molar-refractivity contribution in [3.63, 3.8) is 0 Å². The van der Waals surface area contributed by atoms with E-state index in [-0.39, 0.29) is 29.1 Å². The second-order valence-electron chi connectivity index (χ2n) is 6.65. The molecule has 1 saturated heterocycles. The normalized spacial score (nSPS) is 16.5. The van der Waals surface area contributed by atoms with Crippen LogP contribution < -0.4 is 0 Å². The molecular weight excluding hydrogens is 389 g/mol. The minimum atomic E-state index is -0.654. The van der Waals surface area contributed by atoms with Crippen molar-refractivity contribution in [1.82, 2.24) is 4.57 Å². The van der Waals surface area contributed by atoms with Crippen LogP contribution in [-0.4, -0.2) is 35.6 Å². The van der Waals surface area contributed by atoms with Crippen molar-refractivity contribution in [1.29, 1.82) is 0 Å². The lowest BCUT2D eigenvalue weighted by Crippen LogP contribution is -2.18. The van der Waals surface area contributed by atoms with Gasteiger partial charge in [0.05, 0.1) is 16.7 Å². The average molecular weight is 410 g/mol. The number of aromatic nitrogens is 1. The van der Waals surface area contributed by atoms with E-state index in [4.69, 9.17) is 32.7 Å². The van der Waals surface area contributed by atoms with Gasteiger partial charge in [0.1, 0.15) is 0 Å². The van der Waals surface area contributed by atoms with Crippen LogP contribution in [0.15, 0.2) is 24.3 Å². The standard InChI is InChI=1S/C20H21Cl2NO4/c1-12-8-17(13(2)23(12)10-15-4-3-7-26-15)19(24)11-27-20(25)16-6-5-14(21)9-18(16)22/h5-6,8-9,15H,3-4,7,10-11H2,1-2H3/t15-/m1/s1. The molecule has 5 nitrogen and oxygen atoms in total. The first-order valence-corrected chi connectivity index (χ1v) is 9.56. The van der Waals surface area contributed by atoms with Crippen molar-refractivity contribution in [2.75, 3.05) is 13.2 Å². The van der Waals surface area contributed by atoms with E-state index in [0.29, 0.717) is 10.6 Å². The van der Waals surface area contributed by atoms with Crippen LogP contribution in [-0.2, 0) is 16.0 Å². The summed E-state index contributed by atoms with van der Waals surface area (Å²) in [5.41, 5.74) is 2.57. The van der Waals surface area contributed by atoms with Crippen LogP contribution >= 0.6 is 23.2 Å². The van der Waals surface area contributed by atoms with Gasteiger partial charge in [-0.25, -0.2) is 4.79 Å². The predicted molar refractivity (Wildman–Crippen MR) is 104 cm³/mol. The summed E-state index contributed by atoms with van der Waals surface area (Å²) in [5, 5.41) is 0.612. The number of halogens is 2. The predicted octanol–water partition coefficient (Wildman–Crippen LogP) is 4.63. The van der Waals surface area contributed by atoms with E-state index >= 15 is 0 Å². The van der Waals surface area contributed by atoms with Gasteiger partial charge in [0.15, 0.2) is 6.61 Å². The molecule has 1 fully saturated rings. The van der Waals surface area contributed by atoms with Gasteiger partial charge < -0.3 is 14.0 Å². The summed E-state index contributed by atoms with van der Waals surface area (Å²) < 4.78 is 12.9. The minimum Gasteiger partial charge on any atom is -0.454 e. The van der Waals surface area contributed by atoms with Crippen LogP contribution in [0.25, 0.3) is 0 Å². The monoisotopic (exact) mass is 409 g/mol. The molecule has 1 aliphatic rings. The fraction of sp³-hybridized carbons (Fsp3) is 0.400. The zero-order chi connectivity index (χ0) is 19.6. The molecule has 1 aromatic heterocycles. The van der Waals surface area contributed by atoms with E-state index in [1.165, 1.54) is 12.1 Å². The number of hydrogen-bond donors (Lipinski definition) is 0. The lowest BCUT2D eigenvalue weighted by Gasteiger charge is -2.14. The molecule has 1 aromatic carbocycles. The first-order valence-electron chi connectivity index (χ1n) is 8.80. The van der Waals surface area contributed by atoms with Crippen LogP contribution in [0.5, 0.6) is 0 Å². The van der Waals surface area contributed by atoms with Crippen molar-refractivity contribution in [3.05, 3.63) is 56.8 Å². The van der Waals surface area contributed by atoms with Gasteiger partial charge in [-0.15, -0.1) is 0 Å². The molecule has 2 aromatic rings. The molecule has 27 heavy (non-hydrogen) atoms. The van der Waals surface area contributed by atoms with Gasteiger partial charge in [0.25, 0.3) is 0 Å². The topological polar surface area (TPSA) is 57.5 Å². The first-order chi connectivity index (χ1) is 12.9. The summed E-state index contributed by atoms with van der Waals surface area (Å²) in [5.74, 6) is -0.904. The Kier molecular flexibility index (Phi) is 6.25. The third-order valence-corrected chi connectivity index (χ3v) is 5.32. The van der Waals surface area contributed by atoms with E-state index in [0.717, 1.165) is 37.4 Å². The molecule has 0 unspecified atom stereocenters. The Bertz CT molecular complexity index is 869. The Hall–Kier alpha value is -1.82. The van der Waals surface area contributed by atoms with Crippen LogP contribution in [0.3, 0.4) is 0 Å². The number of aryl methyl sites for hydroxylation is 1. The summed E-state index contributed by atoms with van der Waals surface area (Å²) in [7, 11) is 0. The molecule has 1 aliphatic heterocycles. The number of ketones is 1. The van der Waals surface area contributed by atoms with Gasteiger partial charge in [-0.1, -0.05) is 23.2 Å². The molecular formula is C20H21Cl2NO4. The van der Waals surface area contributed by atoms with Gasteiger partial charge in [-0.2, -0.15) is 0 Å². The highest BCUT2D eigenvalue weighted by Crippen LogP contribution is 2.23. The van der Waals surface area contributed by atoms with Gasteiger partial charge >= 0.3 is 5.97 Å². The molecule has 0 spiro atoms. The highest BCUT2D eigenvalue weighted by molar-refractivity contribution is 6.36. The van der Waals surface area contributed by atoms with Crippen LogP contribution in [0, 0.1) is 13.8 Å². The third-order valence-electron chi connectivity index (χ3n) is 4.77. The molecule has 0 saturated carbocycles. The van der Waals surface area contributed by atoms with Crippen molar-refractivity contribution in [2.45, 2.75) is 39.3 Å². The summed E-state index contributed by atoms with van der Waals surface area (Å²) in [6.07, 6.45) is 2.28. The first kappa shape index (κ1) is 19.9. The molecule has 7 heteroatoms. The van der Waals surface area contributed by atoms with E-state index in [1.807, 2.05) is 19.9 Å². The fourth-order valence-electron chi connectivity index (χ4n) is 3.30. The lowest BCUT2D eigenvalue weighted by molar-refractivity contribution is 0.0474. The van der Waals surface area contributed by atoms with E-state index in [2.05, 4.69) is 4.57 Å². The number of rotatable bonds is 6. The van der Waals surface area contributed by atoms with Crippen molar-refractivity contribution >= 4 is 35.0 Å². The SMILES string of the molecule is Cc1cc(C(=O)COC(=O)c2ccc(Cl)cc2Cl)c(C)n1C[C@H]1CCCO1. The number of esters is 1. The molecule has 1 atom stereocenters. The molecule has 0 aliphatic carbocycles. The van der Waals surface area contributed by atoms with E-state index < -0.39 is 5.97 Å². The summed E-state index contributed by atoms with van der Waals surface area (Å²) >= 11 is 11.8. The fourth-order valence-corrected chi connectivity index (χ4v) is 3.78. The Morgan fingerprint density at radius 3 is 2.67 bits per heavy atom. The van der Waals surface area contributed by atoms with Crippen LogP contribution in [0.2, 0.25) is 10.0 Å². The third kappa shape index (κ3) is 4.54. The molecule has 0 amide bonds. The number of ether oxygens (including phenoxy) is 2. The molecule has 0 N–H and O–H groups in total. The lowest BCUT2D eigenvalue weighted by atomic mass is 10.1.